The molecule has 0 aliphatic carbocycles. The molecule has 86 valence electrons. The van der Waals surface area contributed by atoms with Crippen LogP contribution in [0.2, 0.25) is 5.02 Å². The van der Waals surface area contributed by atoms with Crippen LogP contribution in [0.3, 0.4) is 0 Å². The molecule has 0 aromatic heterocycles. The number of amides is 2. The molecule has 2 amide bonds. The normalized spacial score (nSPS) is 11.2. The number of nitrogens with two attached hydrogens (primary N) is 1. The Morgan fingerprint density at radius 1 is 1.50 bits per heavy atom. The van der Waals surface area contributed by atoms with Gasteiger partial charge >= 0.3 is 6.03 Å². The summed E-state index contributed by atoms with van der Waals surface area (Å²) in [5.41, 5.74) is 7.86. The van der Waals surface area contributed by atoms with Crippen LogP contribution < -0.4 is 11.2 Å². The number of thioether (sulfide) groups is 1. The summed E-state index contributed by atoms with van der Waals surface area (Å²) in [6.45, 7) is 1.82. The van der Waals surface area contributed by atoms with Crippen molar-refractivity contribution in [3.63, 3.8) is 0 Å². The van der Waals surface area contributed by atoms with Crippen molar-refractivity contribution in [3.05, 3.63) is 29.3 Å². The topological polar surface area (TPSA) is 67.5 Å². The molecule has 0 unspecified atom stereocenters. The van der Waals surface area contributed by atoms with Gasteiger partial charge in [0.1, 0.15) is 0 Å². The van der Waals surface area contributed by atoms with Crippen LogP contribution in [-0.4, -0.2) is 17.5 Å². The molecule has 4 nitrogen and oxygen atoms in total. The largest absolute Gasteiger partial charge is 0.350 e. The number of benzene rings is 1. The first-order valence-corrected chi connectivity index (χ1v) is 5.91. The number of hydrogen-bond acceptors (Lipinski definition) is 3. The quantitative estimate of drug-likeness (QED) is 0.494. The SMILES string of the molecule is C/C(CSc1ccc(Cl)cc1)=N\NC(N)=O. The van der Waals surface area contributed by atoms with E-state index in [1.165, 1.54) is 0 Å². The van der Waals surface area contributed by atoms with Gasteiger partial charge < -0.3 is 5.73 Å². The molecule has 0 bridgehead atoms. The monoisotopic (exact) mass is 257 g/mol. The number of urea groups is 1. The maximum atomic E-state index is 10.4. The molecule has 0 aliphatic heterocycles. The third kappa shape index (κ3) is 5.04. The molecule has 1 aromatic rings. The van der Waals surface area contributed by atoms with Gasteiger partial charge in [-0.15, -0.1) is 11.8 Å². The number of carbonyl (C=O) groups excluding carboxylic acids is 1. The molecule has 0 heterocycles. The van der Waals surface area contributed by atoms with Gasteiger partial charge in [-0.1, -0.05) is 11.6 Å². The van der Waals surface area contributed by atoms with E-state index >= 15 is 0 Å². The van der Waals surface area contributed by atoms with Crippen LogP contribution in [0.15, 0.2) is 34.3 Å². The van der Waals surface area contributed by atoms with E-state index in [1.807, 2.05) is 31.2 Å². The lowest BCUT2D eigenvalue weighted by atomic mass is 10.4. The van der Waals surface area contributed by atoms with Crippen LogP contribution in [0.5, 0.6) is 0 Å². The lowest BCUT2D eigenvalue weighted by Gasteiger charge is -2.01. The molecule has 3 N–H and O–H groups in total. The molecule has 0 spiro atoms. The molecule has 6 heteroatoms. The van der Waals surface area contributed by atoms with Gasteiger partial charge in [0, 0.05) is 21.4 Å². The fourth-order valence-corrected chi connectivity index (χ4v) is 1.80. The van der Waals surface area contributed by atoms with Crippen molar-refractivity contribution in [2.75, 3.05) is 5.75 Å². The van der Waals surface area contributed by atoms with Crippen LogP contribution in [0.1, 0.15) is 6.92 Å². The van der Waals surface area contributed by atoms with Crippen molar-refractivity contribution in [1.29, 1.82) is 0 Å². The third-order valence-electron chi connectivity index (χ3n) is 1.62. The Kier molecular flexibility index (Phi) is 5.14. The molecule has 0 radical (unpaired) electrons. The number of halogens is 1. The zero-order valence-electron chi connectivity index (χ0n) is 8.74. The Labute approximate surface area is 103 Å². The Morgan fingerprint density at radius 2 is 2.12 bits per heavy atom. The van der Waals surface area contributed by atoms with E-state index in [2.05, 4.69) is 10.5 Å². The maximum absolute atomic E-state index is 10.4. The van der Waals surface area contributed by atoms with E-state index in [0.29, 0.717) is 10.8 Å². The predicted molar refractivity (Wildman–Crippen MR) is 68.0 cm³/mol. The number of hydrazone groups is 1. The summed E-state index contributed by atoms with van der Waals surface area (Å²) in [6.07, 6.45) is 0. The highest BCUT2D eigenvalue weighted by Crippen LogP contribution is 2.20. The number of hydrogen-bond donors (Lipinski definition) is 2. The molecular weight excluding hydrogens is 246 g/mol. The lowest BCUT2D eigenvalue weighted by Crippen LogP contribution is -2.25. The number of carbonyl (C=O) groups is 1. The fourth-order valence-electron chi connectivity index (χ4n) is 0.901. The molecule has 0 saturated carbocycles. The summed E-state index contributed by atoms with van der Waals surface area (Å²) in [6, 6.07) is 6.87. The summed E-state index contributed by atoms with van der Waals surface area (Å²) < 4.78 is 0. The highest BCUT2D eigenvalue weighted by molar-refractivity contribution is 8.00. The number of nitrogens with zero attached hydrogens (tertiary/aromatic N) is 1. The Balaban J connectivity index is 2.42. The second-order valence-electron chi connectivity index (χ2n) is 3.07. The molecule has 0 saturated heterocycles. The Morgan fingerprint density at radius 3 is 2.69 bits per heavy atom. The van der Waals surface area contributed by atoms with Gasteiger partial charge in [-0.25, -0.2) is 10.2 Å². The zero-order chi connectivity index (χ0) is 12.0. The van der Waals surface area contributed by atoms with Gasteiger partial charge in [0.25, 0.3) is 0 Å². The first kappa shape index (κ1) is 12.9. The van der Waals surface area contributed by atoms with E-state index in [9.17, 15) is 4.79 Å². The molecule has 1 rings (SSSR count). The number of rotatable bonds is 4. The Hall–Kier alpha value is -1.20. The van der Waals surface area contributed by atoms with Gasteiger partial charge in [-0.2, -0.15) is 5.10 Å². The molecule has 16 heavy (non-hydrogen) atoms. The van der Waals surface area contributed by atoms with E-state index in [4.69, 9.17) is 17.3 Å². The summed E-state index contributed by atoms with van der Waals surface area (Å²) in [7, 11) is 0. The summed E-state index contributed by atoms with van der Waals surface area (Å²) in [5, 5.41) is 4.51. The molecule has 0 fully saturated rings. The van der Waals surface area contributed by atoms with Crippen LogP contribution in [0.25, 0.3) is 0 Å². The van der Waals surface area contributed by atoms with E-state index in [-0.39, 0.29) is 0 Å². The lowest BCUT2D eigenvalue weighted by molar-refractivity contribution is 0.249. The van der Waals surface area contributed by atoms with Crippen molar-refractivity contribution in [2.24, 2.45) is 10.8 Å². The number of nitrogens with one attached hydrogen (secondary N) is 1. The Bertz CT molecular complexity index is 392. The van der Waals surface area contributed by atoms with Gasteiger partial charge in [-0.3, -0.25) is 0 Å². The molecule has 1 aromatic carbocycles. The van der Waals surface area contributed by atoms with Crippen LogP contribution in [0, 0.1) is 0 Å². The fraction of sp³-hybridized carbons (Fsp3) is 0.200. The first-order valence-electron chi connectivity index (χ1n) is 4.55. The van der Waals surface area contributed by atoms with E-state index < -0.39 is 6.03 Å². The van der Waals surface area contributed by atoms with E-state index in [0.717, 1.165) is 10.6 Å². The smallest absolute Gasteiger partial charge is 0.332 e. The summed E-state index contributed by atoms with van der Waals surface area (Å²) >= 11 is 7.37. The van der Waals surface area contributed by atoms with Gasteiger partial charge in [-0.05, 0) is 31.2 Å². The standard InChI is InChI=1S/C10H12ClN3OS/c1-7(13-14-10(12)15)6-16-9-4-2-8(11)3-5-9/h2-5H,6H2,1H3,(H3,12,14,15)/b13-7+. The predicted octanol–water partition coefficient (Wildman–Crippen LogP) is 2.48. The van der Waals surface area contributed by atoms with Crippen molar-refractivity contribution in [3.8, 4) is 0 Å². The van der Waals surface area contributed by atoms with Crippen molar-refractivity contribution in [1.82, 2.24) is 5.43 Å². The van der Waals surface area contributed by atoms with Crippen LogP contribution in [-0.2, 0) is 0 Å². The second kappa shape index (κ2) is 6.40. The van der Waals surface area contributed by atoms with Crippen LogP contribution >= 0.6 is 23.4 Å². The van der Waals surface area contributed by atoms with Crippen molar-refractivity contribution >= 4 is 35.1 Å². The van der Waals surface area contributed by atoms with Crippen molar-refractivity contribution in [2.45, 2.75) is 11.8 Å². The van der Waals surface area contributed by atoms with Gasteiger partial charge in [0.2, 0.25) is 0 Å². The zero-order valence-corrected chi connectivity index (χ0v) is 10.3. The second-order valence-corrected chi connectivity index (χ2v) is 4.55. The summed E-state index contributed by atoms with van der Waals surface area (Å²) in [4.78, 5) is 11.5. The molecule has 0 aliphatic rings. The van der Waals surface area contributed by atoms with E-state index in [1.54, 1.807) is 11.8 Å². The first-order chi connectivity index (χ1) is 7.58. The molecule has 0 atom stereocenters. The maximum Gasteiger partial charge on any atom is 0.332 e. The molecular formula is C10H12ClN3OS. The average Bonchev–Trinajstić information content (AvgIpc) is 2.25. The minimum atomic E-state index is -0.657. The minimum absolute atomic E-state index is 0.657. The third-order valence-corrected chi connectivity index (χ3v) is 3.04. The highest BCUT2D eigenvalue weighted by atomic mass is 35.5. The average molecular weight is 258 g/mol. The highest BCUT2D eigenvalue weighted by Gasteiger charge is 1.97. The van der Waals surface area contributed by atoms with Crippen LogP contribution in [0.4, 0.5) is 4.79 Å². The van der Waals surface area contributed by atoms with Gasteiger partial charge in [0.05, 0.1) is 0 Å². The summed E-state index contributed by atoms with van der Waals surface area (Å²) in [5.74, 6) is 0.682. The van der Waals surface area contributed by atoms with Crippen molar-refractivity contribution < 1.29 is 4.79 Å². The minimum Gasteiger partial charge on any atom is -0.350 e. The number of primary amides is 1. The van der Waals surface area contributed by atoms with Gasteiger partial charge in [0.15, 0.2) is 0 Å².